The first-order chi connectivity index (χ1) is 28.1. The minimum Gasteiger partial charge on any atom is -0.241 e. The third kappa shape index (κ3) is 4.81. The first-order valence-electron chi connectivity index (χ1n) is 16.2. The number of aromatic nitrogens is 2. The molecule has 1 heterocycles. The van der Waals surface area contributed by atoms with Crippen LogP contribution >= 0.6 is 0 Å². The Labute approximate surface area is 316 Å². The molecule has 0 bridgehead atoms. The van der Waals surface area contributed by atoms with Crippen molar-refractivity contribution in [2.24, 2.45) is 9.98 Å². The highest BCUT2D eigenvalue weighted by Gasteiger charge is 2.32. The maximum atomic E-state index is 15.8. The number of hydrogen-bond acceptors (Lipinski definition) is 6. The molecule has 0 saturated heterocycles. The van der Waals surface area contributed by atoms with E-state index in [1.165, 1.54) is 12.3 Å². The summed E-state index contributed by atoms with van der Waals surface area (Å²) in [6.07, 6.45) is 3.08. The number of hydrogen-bond donors (Lipinski definition) is 0. The quantitative estimate of drug-likeness (QED) is 0.0751. The lowest BCUT2D eigenvalue weighted by atomic mass is 9.96. The molecule has 0 aliphatic rings. The molecule has 9 rings (SSSR count). The Bertz CT molecular complexity index is 3690. The number of fused-ring (bicyclic) bond motifs is 8. The Morgan fingerprint density at radius 1 is 0.373 bits per heavy atom. The molecular weight excluding hydrogens is 811 g/mol. The zero-order chi connectivity index (χ0) is 42.1. The lowest BCUT2D eigenvalue weighted by molar-refractivity contribution is 0.412. The molecule has 6 nitrogen and oxygen atoms in total. The SMILES string of the molecule is N#CN=c1c2cc(-c3cc4c(F)c(F)c(F)c(F)c4c(F)c3F)ccc2c2nc3c(=NC#N)c4cc(-c5c(F)c(F)c6c(F)c(F)c(F)c(F)c6c5F)ccc4c3nc12. The van der Waals surface area contributed by atoms with Gasteiger partial charge >= 0.3 is 0 Å². The Balaban J connectivity index is 1.30. The molecule has 0 fully saturated rings. The molecule has 0 aliphatic heterocycles. The van der Waals surface area contributed by atoms with Gasteiger partial charge in [-0.25, -0.2) is 67.0 Å². The summed E-state index contributed by atoms with van der Waals surface area (Å²) in [5, 5.41) is 12.6. The third-order valence-electron chi connectivity index (χ3n) is 9.91. The van der Waals surface area contributed by atoms with Crippen LogP contribution in [0, 0.1) is 98.5 Å². The zero-order valence-corrected chi connectivity index (χ0v) is 28.1. The van der Waals surface area contributed by atoms with Gasteiger partial charge in [-0.2, -0.15) is 20.5 Å². The summed E-state index contributed by atoms with van der Waals surface area (Å²) in [5.74, 6) is -28.7. The molecular formula is C40H7F13N6. The van der Waals surface area contributed by atoms with Crippen LogP contribution in [-0.2, 0) is 0 Å². The summed E-state index contributed by atoms with van der Waals surface area (Å²) in [7, 11) is 0. The Kier molecular flexibility index (Phi) is 7.93. The van der Waals surface area contributed by atoms with Crippen molar-refractivity contribution < 1.29 is 57.1 Å². The monoisotopic (exact) mass is 818 g/mol. The molecule has 0 saturated carbocycles. The fraction of sp³-hybridized carbons (Fsp3) is 0. The number of halogens is 13. The summed E-state index contributed by atoms with van der Waals surface area (Å²) < 4.78 is 191. The van der Waals surface area contributed by atoms with Gasteiger partial charge in [0, 0.05) is 32.5 Å². The van der Waals surface area contributed by atoms with Crippen molar-refractivity contribution in [3.05, 3.63) is 129 Å². The van der Waals surface area contributed by atoms with E-state index in [1.54, 1.807) is 6.19 Å². The Hall–Kier alpha value is -7.67. The largest absolute Gasteiger partial charge is 0.241 e. The lowest BCUT2D eigenvalue weighted by Gasteiger charge is -2.13. The van der Waals surface area contributed by atoms with Gasteiger partial charge < -0.3 is 0 Å². The van der Waals surface area contributed by atoms with E-state index in [1.807, 2.05) is 0 Å². The van der Waals surface area contributed by atoms with E-state index in [4.69, 9.17) is 0 Å². The van der Waals surface area contributed by atoms with Gasteiger partial charge in [-0.15, -0.1) is 0 Å². The predicted octanol–water partition coefficient (Wildman–Crippen LogP) is 10.2. The smallest absolute Gasteiger partial charge is 0.206 e. The van der Waals surface area contributed by atoms with Crippen LogP contribution in [0.15, 0.2) is 52.4 Å². The average molecular weight is 819 g/mol. The van der Waals surface area contributed by atoms with Crippen molar-refractivity contribution in [3.63, 3.8) is 0 Å². The van der Waals surface area contributed by atoms with Gasteiger partial charge in [-0.1, -0.05) is 24.3 Å². The van der Waals surface area contributed by atoms with Crippen molar-refractivity contribution in [2.45, 2.75) is 0 Å². The molecule has 19 heteroatoms. The van der Waals surface area contributed by atoms with Crippen LogP contribution in [0.2, 0.25) is 0 Å². The molecule has 9 aromatic rings. The number of rotatable bonds is 2. The summed E-state index contributed by atoms with van der Waals surface area (Å²) in [4.78, 5) is 16.6. The predicted molar refractivity (Wildman–Crippen MR) is 182 cm³/mol. The van der Waals surface area contributed by atoms with Crippen molar-refractivity contribution in [1.29, 1.82) is 10.5 Å². The standard InChI is InChI=1S/C40H7F13N6/c41-22-14(7-17-19(26(22)45)27(46)32(51)31(50)23(17)42)10-1-3-12-15(5-10)35(56-8-54)39-37(12)58-40-36(57-9-55)16-6-11(2-4-13(16)38(40)59-39)18-24(43)20-21(28(47)25(18)44)30(49)34(53)33(52)29(20)48/h1-7H. The van der Waals surface area contributed by atoms with Gasteiger partial charge in [0.1, 0.15) is 27.6 Å². The lowest BCUT2D eigenvalue weighted by Crippen LogP contribution is -2.06. The van der Waals surface area contributed by atoms with E-state index in [2.05, 4.69) is 20.0 Å². The Morgan fingerprint density at radius 2 is 0.797 bits per heavy atom. The van der Waals surface area contributed by atoms with Crippen molar-refractivity contribution in [1.82, 2.24) is 9.97 Å². The van der Waals surface area contributed by atoms with E-state index < -0.39 is 114 Å². The van der Waals surface area contributed by atoms with E-state index in [-0.39, 0.29) is 59.9 Å². The maximum Gasteiger partial charge on any atom is 0.206 e. The Morgan fingerprint density at radius 3 is 1.32 bits per heavy atom. The van der Waals surface area contributed by atoms with Crippen LogP contribution in [0.5, 0.6) is 0 Å². The molecule has 288 valence electrons. The summed E-state index contributed by atoms with van der Waals surface area (Å²) >= 11 is 0. The number of nitrogens with zero attached hydrogens (tertiary/aromatic N) is 6. The molecule has 8 aromatic carbocycles. The van der Waals surface area contributed by atoms with Gasteiger partial charge in [0.15, 0.2) is 69.8 Å². The van der Waals surface area contributed by atoms with Crippen molar-refractivity contribution in [2.75, 3.05) is 0 Å². The maximum absolute atomic E-state index is 15.8. The molecule has 0 aliphatic carbocycles. The summed E-state index contributed by atoms with van der Waals surface area (Å²) in [6, 6.07) is 7.16. The summed E-state index contributed by atoms with van der Waals surface area (Å²) in [6.45, 7) is 0. The van der Waals surface area contributed by atoms with E-state index in [0.29, 0.717) is 6.07 Å². The molecule has 0 unspecified atom stereocenters. The number of benzene rings is 6. The fourth-order valence-electron chi connectivity index (χ4n) is 7.32. The molecule has 0 N–H and O–H groups in total. The van der Waals surface area contributed by atoms with Gasteiger partial charge in [-0.3, -0.25) is 0 Å². The molecule has 0 spiro atoms. The van der Waals surface area contributed by atoms with Gasteiger partial charge in [0.05, 0.1) is 32.8 Å². The minimum absolute atomic E-state index is 0.00169. The van der Waals surface area contributed by atoms with Crippen LogP contribution < -0.4 is 10.7 Å². The molecule has 59 heavy (non-hydrogen) atoms. The minimum atomic E-state index is -2.51. The highest BCUT2D eigenvalue weighted by atomic mass is 19.2. The number of nitriles is 2. The second-order valence-electron chi connectivity index (χ2n) is 12.8. The second-order valence-corrected chi connectivity index (χ2v) is 12.8. The highest BCUT2D eigenvalue weighted by Crippen LogP contribution is 2.41. The van der Waals surface area contributed by atoms with Crippen LogP contribution in [0.3, 0.4) is 0 Å². The molecule has 0 atom stereocenters. The first-order valence-corrected chi connectivity index (χ1v) is 16.2. The normalized spacial score (nSPS) is 12.7. The molecule has 1 aromatic heterocycles. The summed E-state index contributed by atoms with van der Waals surface area (Å²) in [5.41, 5.74) is -3.31. The van der Waals surface area contributed by atoms with Crippen molar-refractivity contribution in [3.8, 4) is 34.6 Å². The zero-order valence-electron chi connectivity index (χ0n) is 28.1. The van der Waals surface area contributed by atoms with Gasteiger partial charge in [-0.05, 0) is 29.3 Å². The second kappa shape index (κ2) is 12.7. The average Bonchev–Trinajstić information content (AvgIpc) is 3.69. The van der Waals surface area contributed by atoms with Crippen LogP contribution in [0.4, 0.5) is 57.1 Å². The van der Waals surface area contributed by atoms with Gasteiger partial charge in [0.2, 0.25) is 12.4 Å². The van der Waals surface area contributed by atoms with Gasteiger partial charge in [0.25, 0.3) is 0 Å². The van der Waals surface area contributed by atoms with Crippen LogP contribution in [0.25, 0.3) is 87.4 Å². The topological polar surface area (TPSA) is 98.1 Å². The van der Waals surface area contributed by atoms with E-state index in [0.717, 1.165) is 30.3 Å². The van der Waals surface area contributed by atoms with E-state index in [9.17, 15) is 45.6 Å². The highest BCUT2D eigenvalue weighted by molar-refractivity contribution is 6.16. The van der Waals surface area contributed by atoms with Crippen molar-refractivity contribution >= 4 is 65.2 Å². The van der Waals surface area contributed by atoms with Crippen LogP contribution in [0.1, 0.15) is 0 Å². The first kappa shape index (κ1) is 36.9. The molecule has 0 radical (unpaired) electrons. The molecule has 0 amide bonds. The van der Waals surface area contributed by atoms with E-state index >= 15 is 22.0 Å². The third-order valence-corrected chi connectivity index (χ3v) is 9.91. The fourth-order valence-corrected chi connectivity index (χ4v) is 7.32. The van der Waals surface area contributed by atoms with Crippen LogP contribution in [-0.4, -0.2) is 9.97 Å².